The molecule has 0 spiro atoms. The van der Waals surface area contributed by atoms with Gasteiger partial charge in [0.2, 0.25) is 5.91 Å². The number of carbonyl (C=O) groups is 1. The fraction of sp³-hybridized carbons (Fsp3) is 0.533. The molecule has 98 valence electrons. The highest BCUT2D eigenvalue weighted by Crippen LogP contribution is 2.13. The van der Waals surface area contributed by atoms with Gasteiger partial charge in [-0.2, -0.15) is 0 Å². The van der Waals surface area contributed by atoms with Gasteiger partial charge in [-0.25, -0.2) is 0 Å². The van der Waals surface area contributed by atoms with Gasteiger partial charge in [0.1, 0.15) is 0 Å². The molecule has 3 nitrogen and oxygen atoms in total. The lowest BCUT2D eigenvalue weighted by Gasteiger charge is -2.27. The van der Waals surface area contributed by atoms with E-state index in [1.165, 1.54) is 19.3 Å². The Morgan fingerprint density at radius 3 is 2.50 bits per heavy atom. The van der Waals surface area contributed by atoms with E-state index >= 15 is 0 Å². The summed E-state index contributed by atoms with van der Waals surface area (Å²) in [6.07, 6.45) is 4.52. The van der Waals surface area contributed by atoms with E-state index in [2.05, 4.69) is 4.90 Å². The van der Waals surface area contributed by atoms with Gasteiger partial charge in [0.25, 0.3) is 0 Å². The molecule has 0 radical (unpaired) electrons. The minimum Gasteiger partial charge on any atom is -0.315 e. The summed E-state index contributed by atoms with van der Waals surface area (Å²) in [5.41, 5.74) is 0.973. The topological polar surface area (TPSA) is 23.6 Å². The quantitative estimate of drug-likeness (QED) is 0.815. The zero-order chi connectivity index (χ0) is 12.8. The third-order valence-corrected chi connectivity index (χ3v) is 3.61. The molecule has 0 bridgehead atoms. The molecule has 18 heavy (non-hydrogen) atoms. The maximum absolute atomic E-state index is 12.1. The van der Waals surface area contributed by atoms with Crippen LogP contribution in [0.4, 0.5) is 5.69 Å². The first kappa shape index (κ1) is 13.1. The summed E-state index contributed by atoms with van der Waals surface area (Å²) in [5, 5.41) is 0. The highest BCUT2D eigenvalue weighted by atomic mass is 16.2. The zero-order valence-corrected chi connectivity index (χ0v) is 11.1. The van der Waals surface area contributed by atoms with E-state index in [0.29, 0.717) is 6.42 Å². The molecule has 1 saturated heterocycles. The maximum atomic E-state index is 12.1. The Morgan fingerprint density at radius 2 is 1.83 bits per heavy atom. The summed E-state index contributed by atoms with van der Waals surface area (Å²) < 4.78 is 0. The summed E-state index contributed by atoms with van der Waals surface area (Å²) in [7, 11) is 1.86. The molecule has 0 unspecified atom stereocenters. The van der Waals surface area contributed by atoms with Gasteiger partial charge in [-0.3, -0.25) is 4.79 Å². The summed E-state index contributed by atoms with van der Waals surface area (Å²) >= 11 is 0. The summed E-state index contributed by atoms with van der Waals surface area (Å²) in [4.78, 5) is 16.2. The molecule has 0 atom stereocenters. The van der Waals surface area contributed by atoms with Gasteiger partial charge in [0, 0.05) is 25.7 Å². The van der Waals surface area contributed by atoms with Crippen LogP contribution in [0.2, 0.25) is 0 Å². The lowest BCUT2D eigenvalue weighted by atomic mass is 10.1. The molecular weight excluding hydrogens is 224 g/mol. The van der Waals surface area contributed by atoms with Crippen molar-refractivity contribution in [3.8, 4) is 0 Å². The van der Waals surface area contributed by atoms with Crippen LogP contribution in [0.5, 0.6) is 0 Å². The number of hydrogen-bond acceptors (Lipinski definition) is 2. The average molecular weight is 246 g/mol. The Hall–Kier alpha value is -1.35. The molecule has 0 N–H and O–H groups in total. The van der Waals surface area contributed by atoms with Crippen LogP contribution in [0.1, 0.15) is 25.7 Å². The standard InChI is InChI=1S/C15H22N2O/c1-16(14-8-4-2-5-9-14)15(18)10-13-17-11-6-3-7-12-17/h2,4-5,8-9H,3,6-7,10-13H2,1H3. The van der Waals surface area contributed by atoms with Crippen LogP contribution in [0.25, 0.3) is 0 Å². The lowest BCUT2D eigenvalue weighted by molar-refractivity contribution is -0.118. The molecule has 1 fully saturated rings. The third kappa shape index (κ3) is 3.57. The van der Waals surface area contributed by atoms with E-state index in [9.17, 15) is 4.79 Å². The third-order valence-electron chi connectivity index (χ3n) is 3.61. The Balaban J connectivity index is 1.80. The first-order chi connectivity index (χ1) is 8.77. The van der Waals surface area contributed by atoms with Crippen LogP contribution in [-0.2, 0) is 4.79 Å². The second kappa shape index (κ2) is 6.55. The average Bonchev–Trinajstić information content (AvgIpc) is 2.46. The summed E-state index contributed by atoms with van der Waals surface area (Å²) in [6, 6.07) is 9.83. The predicted octanol–water partition coefficient (Wildman–Crippen LogP) is 2.53. The molecular formula is C15H22N2O. The number of piperidine rings is 1. The van der Waals surface area contributed by atoms with Crippen LogP contribution < -0.4 is 4.90 Å². The van der Waals surface area contributed by atoms with Crippen LogP contribution in [0.3, 0.4) is 0 Å². The van der Waals surface area contributed by atoms with Crippen molar-refractivity contribution in [2.45, 2.75) is 25.7 Å². The van der Waals surface area contributed by atoms with Crippen molar-refractivity contribution in [3.05, 3.63) is 30.3 Å². The molecule has 3 heteroatoms. The minimum absolute atomic E-state index is 0.201. The lowest BCUT2D eigenvalue weighted by Crippen LogP contribution is -2.35. The molecule has 0 saturated carbocycles. The van der Waals surface area contributed by atoms with Crippen LogP contribution in [-0.4, -0.2) is 37.5 Å². The van der Waals surface area contributed by atoms with Crippen molar-refractivity contribution in [1.29, 1.82) is 0 Å². The number of rotatable bonds is 4. The van der Waals surface area contributed by atoms with E-state index < -0.39 is 0 Å². The van der Waals surface area contributed by atoms with Gasteiger partial charge >= 0.3 is 0 Å². The van der Waals surface area contributed by atoms with Gasteiger partial charge in [-0.05, 0) is 38.1 Å². The number of nitrogens with zero attached hydrogens (tertiary/aromatic N) is 2. The Kier molecular flexibility index (Phi) is 4.76. The Bertz CT molecular complexity index is 371. The largest absolute Gasteiger partial charge is 0.315 e. The van der Waals surface area contributed by atoms with Gasteiger partial charge in [-0.1, -0.05) is 24.6 Å². The van der Waals surface area contributed by atoms with Gasteiger partial charge in [0.15, 0.2) is 0 Å². The van der Waals surface area contributed by atoms with Crippen molar-refractivity contribution in [2.75, 3.05) is 31.6 Å². The van der Waals surface area contributed by atoms with Crippen molar-refractivity contribution >= 4 is 11.6 Å². The van der Waals surface area contributed by atoms with Gasteiger partial charge in [-0.15, -0.1) is 0 Å². The van der Waals surface area contributed by atoms with Crippen LogP contribution >= 0.6 is 0 Å². The second-order valence-corrected chi connectivity index (χ2v) is 4.94. The molecule has 0 aromatic heterocycles. The first-order valence-electron chi connectivity index (χ1n) is 6.81. The monoisotopic (exact) mass is 246 g/mol. The number of amides is 1. The van der Waals surface area contributed by atoms with Gasteiger partial charge < -0.3 is 9.80 Å². The number of benzene rings is 1. The number of carbonyl (C=O) groups excluding carboxylic acids is 1. The van der Waals surface area contributed by atoms with E-state index in [1.807, 2.05) is 37.4 Å². The fourth-order valence-electron chi connectivity index (χ4n) is 2.40. The molecule has 0 aliphatic carbocycles. The SMILES string of the molecule is CN(C(=O)CCN1CCCCC1)c1ccccc1. The summed E-state index contributed by atoms with van der Waals surface area (Å²) in [6.45, 7) is 3.21. The zero-order valence-electron chi connectivity index (χ0n) is 11.1. The number of hydrogen-bond donors (Lipinski definition) is 0. The molecule has 1 aromatic rings. The Morgan fingerprint density at radius 1 is 1.17 bits per heavy atom. The van der Waals surface area contributed by atoms with Crippen molar-refractivity contribution in [1.82, 2.24) is 4.90 Å². The van der Waals surface area contributed by atoms with E-state index in [1.54, 1.807) is 4.90 Å². The normalized spacial score (nSPS) is 16.5. The maximum Gasteiger partial charge on any atom is 0.228 e. The smallest absolute Gasteiger partial charge is 0.228 e. The molecule has 1 heterocycles. The molecule has 1 aromatic carbocycles. The highest BCUT2D eigenvalue weighted by Gasteiger charge is 2.14. The highest BCUT2D eigenvalue weighted by molar-refractivity contribution is 5.92. The van der Waals surface area contributed by atoms with E-state index in [-0.39, 0.29) is 5.91 Å². The minimum atomic E-state index is 0.201. The van der Waals surface area contributed by atoms with Crippen molar-refractivity contribution in [3.63, 3.8) is 0 Å². The molecule has 2 rings (SSSR count). The van der Waals surface area contributed by atoms with Crippen molar-refractivity contribution < 1.29 is 4.79 Å². The molecule has 1 aliphatic rings. The number of para-hydroxylation sites is 1. The van der Waals surface area contributed by atoms with E-state index in [4.69, 9.17) is 0 Å². The second-order valence-electron chi connectivity index (χ2n) is 4.94. The van der Waals surface area contributed by atoms with Crippen molar-refractivity contribution in [2.24, 2.45) is 0 Å². The number of likely N-dealkylation sites (tertiary alicyclic amines) is 1. The van der Waals surface area contributed by atoms with E-state index in [0.717, 1.165) is 25.3 Å². The van der Waals surface area contributed by atoms with Gasteiger partial charge in [0.05, 0.1) is 0 Å². The fourth-order valence-corrected chi connectivity index (χ4v) is 2.40. The molecule has 1 aliphatic heterocycles. The predicted molar refractivity (Wildman–Crippen MR) is 74.8 cm³/mol. The summed E-state index contributed by atoms with van der Waals surface area (Å²) in [5.74, 6) is 0.201. The van der Waals surface area contributed by atoms with Crippen LogP contribution in [0.15, 0.2) is 30.3 Å². The molecule has 1 amide bonds. The number of anilines is 1. The Labute approximate surface area is 109 Å². The van der Waals surface area contributed by atoms with Crippen LogP contribution in [0, 0.1) is 0 Å². The first-order valence-corrected chi connectivity index (χ1v) is 6.81.